The van der Waals surface area contributed by atoms with Gasteiger partial charge >= 0.3 is 0 Å². The molecule has 0 aliphatic carbocycles. The van der Waals surface area contributed by atoms with Crippen molar-refractivity contribution < 1.29 is 9.47 Å². The van der Waals surface area contributed by atoms with Crippen LogP contribution in [0.4, 0.5) is 0 Å². The zero-order chi connectivity index (χ0) is 17.2. The van der Waals surface area contributed by atoms with Gasteiger partial charge in [0.15, 0.2) is 5.01 Å². The molecule has 0 aliphatic rings. The van der Waals surface area contributed by atoms with E-state index in [9.17, 15) is 0 Å². The maximum Gasteiger partial charge on any atom is 0.212 e. The van der Waals surface area contributed by atoms with Crippen molar-refractivity contribution in [3.8, 4) is 22.8 Å². The lowest BCUT2D eigenvalue weighted by molar-refractivity contribution is 0.303. The lowest BCUT2D eigenvalue weighted by atomic mass is 10.1. The molecule has 2 heterocycles. The number of hydrogen-bond donors (Lipinski definition) is 0. The molecule has 0 atom stereocenters. The molecule has 0 unspecified atom stereocenters. The van der Waals surface area contributed by atoms with Crippen LogP contribution < -0.4 is 9.47 Å². The number of benzene rings is 2. The van der Waals surface area contributed by atoms with Crippen LogP contribution in [0.25, 0.3) is 16.2 Å². The van der Waals surface area contributed by atoms with Gasteiger partial charge in [-0.1, -0.05) is 41.2 Å². The van der Waals surface area contributed by atoms with E-state index in [1.165, 1.54) is 16.9 Å². The molecule has 2 aromatic carbocycles. The monoisotopic (exact) mass is 351 g/mol. The van der Waals surface area contributed by atoms with Crippen LogP contribution in [0.15, 0.2) is 54.7 Å². The summed E-state index contributed by atoms with van der Waals surface area (Å²) in [6, 6.07) is 15.8. The molecule has 126 valence electrons. The van der Waals surface area contributed by atoms with E-state index in [2.05, 4.69) is 41.3 Å². The Morgan fingerprint density at radius 3 is 2.40 bits per heavy atom. The number of fused-ring (bicyclic) bond motifs is 1. The minimum atomic E-state index is 0.417. The summed E-state index contributed by atoms with van der Waals surface area (Å²) in [5.41, 5.74) is 3.27. The minimum absolute atomic E-state index is 0.417. The van der Waals surface area contributed by atoms with Crippen molar-refractivity contribution in [2.45, 2.75) is 13.5 Å². The molecule has 2 aromatic heterocycles. The summed E-state index contributed by atoms with van der Waals surface area (Å²) in [6.07, 6.45) is 1.95. The van der Waals surface area contributed by atoms with E-state index in [4.69, 9.17) is 9.47 Å². The maximum absolute atomic E-state index is 5.77. The summed E-state index contributed by atoms with van der Waals surface area (Å²) in [6.45, 7) is 2.49. The van der Waals surface area contributed by atoms with Gasteiger partial charge in [0.2, 0.25) is 4.96 Å². The molecule has 0 fully saturated rings. The van der Waals surface area contributed by atoms with Crippen LogP contribution in [0.5, 0.6) is 11.5 Å². The molecule has 0 saturated heterocycles. The predicted molar refractivity (Wildman–Crippen MR) is 98.4 cm³/mol. The van der Waals surface area contributed by atoms with Gasteiger partial charge in [-0.2, -0.15) is 5.10 Å². The average molecular weight is 351 g/mol. The molecule has 6 heteroatoms. The van der Waals surface area contributed by atoms with Crippen molar-refractivity contribution in [2.24, 2.45) is 0 Å². The van der Waals surface area contributed by atoms with Gasteiger partial charge in [-0.05, 0) is 31.2 Å². The quantitative estimate of drug-likeness (QED) is 0.536. The highest BCUT2D eigenvalue weighted by molar-refractivity contribution is 7.16. The molecule has 4 aromatic rings. The Bertz CT molecular complexity index is 956. The van der Waals surface area contributed by atoms with Crippen molar-refractivity contribution in [3.63, 3.8) is 0 Å². The van der Waals surface area contributed by atoms with Gasteiger partial charge in [-0.15, -0.1) is 0 Å². The van der Waals surface area contributed by atoms with Gasteiger partial charge in [0.1, 0.15) is 18.1 Å². The number of rotatable bonds is 5. The largest absolute Gasteiger partial charge is 0.497 e. The number of imidazole rings is 1. The standard InChI is InChI=1S/C19H17N3O2S/c1-13-3-5-14(6-4-13)17-11-22-19(20-17)25-18(21-22)12-24-16-9-7-15(23-2)8-10-16/h3-11H,12H2,1-2H3. The zero-order valence-electron chi connectivity index (χ0n) is 14.0. The van der Waals surface area contributed by atoms with Crippen LogP contribution in [-0.2, 0) is 6.61 Å². The molecule has 0 aliphatic heterocycles. The van der Waals surface area contributed by atoms with Crippen molar-refractivity contribution >= 4 is 16.3 Å². The van der Waals surface area contributed by atoms with Crippen LogP contribution in [0, 0.1) is 6.92 Å². The van der Waals surface area contributed by atoms with E-state index in [-0.39, 0.29) is 0 Å². The highest BCUT2D eigenvalue weighted by Gasteiger charge is 2.10. The molecule has 0 amide bonds. The highest BCUT2D eigenvalue weighted by atomic mass is 32.1. The van der Waals surface area contributed by atoms with E-state index in [1.807, 2.05) is 35.0 Å². The molecule has 0 bridgehead atoms. The lowest BCUT2D eigenvalue weighted by Crippen LogP contribution is -1.96. The number of aromatic nitrogens is 3. The molecule has 0 radical (unpaired) electrons. The molecular weight excluding hydrogens is 334 g/mol. The fraction of sp³-hybridized carbons (Fsp3) is 0.158. The zero-order valence-corrected chi connectivity index (χ0v) is 14.8. The molecule has 0 N–H and O–H groups in total. The van der Waals surface area contributed by atoms with E-state index < -0.39 is 0 Å². The number of aryl methyl sites for hydroxylation is 1. The van der Waals surface area contributed by atoms with Gasteiger partial charge < -0.3 is 9.47 Å². The third kappa shape index (κ3) is 3.34. The van der Waals surface area contributed by atoms with Gasteiger partial charge in [0.25, 0.3) is 0 Å². The molecule has 0 saturated carbocycles. The maximum atomic E-state index is 5.77. The summed E-state index contributed by atoms with van der Waals surface area (Å²) in [7, 11) is 1.64. The third-order valence-corrected chi connectivity index (χ3v) is 4.75. The summed E-state index contributed by atoms with van der Waals surface area (Å²) in [4.78, 5) is 5.52. The van der Waals surface area contributed by atoms with Crippen LogP contribution in [-0.4, -0.2) is 21.7 Å². The van der Waals surface area contributed by atoms with Gasteiger partial charge in [0, 0.05) is 5.56 Å². The normalized spacial score (nSPS) is 11.0. The average Bonchev–Trinajstić information content (AvgIpc) is 3.20. The first-order chi connectivity index (χ1) is 12.2. The smallest absolute Gasteiger partial charge is 0.212 e. The SMILES string of the molecule is COc1ccc(OCc2nn3cc(-c4ccc(C)cc4)nc3s2)cc1. The second-order valence-electron chi connectivity index (χ2n) is 5.68. The first-order valence-electron chi connectivity index (χ1n) is 7.90. The summed E-state index contributed by atoms with van der Waals surface area (Å²) < 4.78 is 12.7. The first-order valence-corrected chi connectivity index (χ1v) is 8.72. The minimum Gasteiger partial charge on any atom is -0.497 e. The summed E-state index contributed by atoms with van der Waals surface area (Å²) in [5.74, 6) is 1.60. The molecule has 25 heavy (non-hydrogen) atoms. The molecular formula is C19H17N3O2S. The Labute approximate surface area is 149 Å². The Balaban J connectivity index is 1.48. The first kappa shape index (κ1) is 15.7. The van der Waals surface area contributed by atoms with Gasteiger partial charge in [-0.3, -0.25) is 0 Å². The van der Waals surface area contributed by atoms with Crippen LogP contribution in [0.1, 0.15) is 10.6 Å². The van der Waals surface area contributed by atoms with Gasteiger partial charge in [-0.25, -0.2) is 9.50 Å². The van der Waals surface area contributed by atoms with Crippen LogP contribution >= 0.6 is 11.3 Å². The Kier molecular flexibility index (Phi) is 4.11. The number of nitrogens with zero attached hydrogens (tertiary/aromatic N) is 3. The summed E-state index contributed by atoms with van der Waals surface area (Å²) >= 11 is 1.53. The third-order valence-electron chi connectivity index (χ3n) is 3.85. The number of ether oxygens (including phenoxy) is 2. The van der Waals surface area contributed by atoms with Crippen molar-refractivity contribution in [1.29, 1.82) is 0 Å². The molecule has 4 rings (SSSR count). The molecule has 0 spiro atoms. The van der Waals surface area contributed by atoms with Crippen LogP contribution in [0.2, 0.25) is 0 Å². The Hall–Kier alpha value is -2.86. The second-order valence-corrected chi connectivity index (χ2v) is 6.72. The fourth-order valence-corrected chi connectivity index (χ4v) is 3.27. The van der Waals surface area contributed by atoms with E-state index >= 15 is 0 Å². The fourth-order valence-electron chi connectivity index (χ4n) is 2.48. The lowest BCUT2D eigenvalue weighted by Gasteiger charge is -2.04. The second kappa shape index (κ2) is 6.57. The van der Waals surface area contributed by atoms with Gasteiger partial charge in [0.05, 0.1) is 19.0 Å². The molecule has 5 nitrogen and oxygen atoms in total. The van der Waals surface area contributed by atoms with E-state index in [0.717, 1.165) is 32.7 Å². The van der Waals surface area contributed by atoms with Crippen LogP contribution in [0.3, 0.4) is 0 Å². The van der Waals surface area contributed by atoms with E-state index in [0.29, 0.717) is 6.61 Å². The van der Waals surface area contributed by atoms with Crippen molar-refractivity contribution in [2.75, 3.05) is 7.11 Å². The van der Waals surface area contributed by atoms with Crippen molar-refractivity contribution in [1.82, 2.24) is 14.6 Å². The Morgan fingerprint density at radius 2 is 1.72 bits per heavy atom. The summed E-state index contributed by atoms with van der Waals surface area (Å²) in [5, 5.41) is 5.43. The Morgan fingerprint density at radius 1 is 1.00 bits per heavy atom. The topological polar surface area (TPSA) is 48.7 Å². The number of methoxy groups -OCH3 is 1. The number of hydrogen-bond acceptors (Lipinski definition) is 5. The van der Waals surface area contributed by atoms with E-state index in [1.54, 1.807) is 7.11 Å². The highest BCUT2D eigenvalue weighted by Crippen LogP contribution is 2.24. The predicted octanol–water partition coefficient (Wildman–Crippen LogP) is 4.35. The van der Waals surface area contributed by atoms with Crippen molar-refractivity contribution in [3.05, 3.63) is 65.3 Å².